The van der Waals surface area contributed by atoms with Crippen molar-refractivity contribution in [3.63, 3.8) is 0 Å². The van der Waals surface area contributed by atoms with Crippen molar-refractivity contribution in [3.05, 3.63) is 47.5 Å². The van der Waals surface area contributed by atoms with Crippen molar-refractivity contribution in [2.75, 3.05) is 12.4 Å². The Morgan fingerprint density at radius 2 is 1.53 bits per heavy atom. The molecule has 0 aliphatic heterocycles. The van der Waals surface area contributed by atoms with Gasteiger partial charge in [0, 0.05) is 17.8 Å². The molecule has 248 valence electrons. The number of hydrogen-bond acceptors (Lipinski definition) is 5. The number of carboxylic acids is 1. The molecule has 2 bridgehead atoms. The number of hydrogen-bond donors (Lipinski definition) is 3. The SMILES string of the molecule is COc1cc(F)c(OC2CCC(C(=O)O)CC2)cc1C(=O)NC1C2CCC(C2)C1C(=O)Nc1ccc(F)c(S(F)(F)(F)(F)F)c1. The highest BCUT2D eigenvalue weighted by molar-refractivity contribution is 8.45. The minimum absolute atomic E-state index is 0.117. The number of anilines is 1. The summed E-state index contributed by atoms with van der Waals surface area (Å²) in [6, 6.07) is 2.09. The molecular formula is C29H31F7N2O6S. The van der Waals surface area contributed by atoms with Crippen molar-refractivity contribution in [1.29, 1.82) is 0 Å². The Morgan fingerprint density at radius 1 is 0.867 bits per heavy atom. The minimum atomic E-state index is -10.4. The normalized spacial score (nSPS) is 27.6. The Morgan fingerprint density at radius 3 is 2.16 bits per heavy atom. The fraction of sp³-hybridized carbons (Fsp3) is 0.483. The highest BCUT2D eigenvalue weighted by Crippen LogP contribution is 3.02. The Balaban J connectivity index is 1.34. The highest BCUT2D eigenvalue weighted by atomic mass is 32.5. The predicted molar refractivity (Wildman–Crippen MR) is 149 cm³/mol. The number of aliphatic carboxylic acids is 1. The second-order valence-corrected chi connectivity index (χ2v) is 14.3. The number of nitrogens with one attached hydrogen (secondary N) is 2. The Labute approximate surface area is 253 Å². The first-order valence-corrected chi connectivity index (χ1v) is 16.2. The topological polar surface area (TPSA) is 114 Å². The number of carbonyl (C=O) groups is 3. The molecule has 0 heterocycles. The number of rotatable bonds is 9. The summed E-state index contributed by atoms with van der Waals surface area (Å²) in [6.45, 7) is 0. The smallest absolute Gasteiger partial charge is 0.313 e. The molecule has 2 aromatic rings. The molecule has 0 radical (unpaired) electrons. The third kappa shape index (κ3) is 6.94. The second kappa shape index (κ2) is 11.0. The molecule has 0 saturated heterocycles. The molecular weight excluding hydrogens is 637 g/mol. The van der Waals surface area contributed by atoms with Gasteiger partial charge in [-0.2, -0.15) is 0 Å². The summed E-state index contributed by atoms with van der Waals surface area (Å²) >= 11 is 0. The monoisotopic (exact) mass is 668 g/mol. The van der Waals surface area contributed by atoms with Gasteiger partial charge in [0.1, 0.15) is 16.5 Å². The number of carboxylic acid groups (broad SMARTS) is 1. The molecule has 3 aliphatic rings. The van der Waals surface area contributed by atoms with Gasteiger partial charge < -0.3 is 25.2 Å². The van der Waals surface area contributed by atoms with Crippen LogP contribution in [-0.2, 0) is 9.59 Å². The zero-order valence-corrected chi connectivity index (χ0v) is 24.7. The maximum absolute atomic E-state index is 14.9. The molecule has 4 unspecified atom stereocenters. The molecule has 16 heteroatoms. The summed E-state index contributed by atoms with van der Waals surface area (Å²) in [5.74, 6) is -7.80. The van der Waals surface area contributed by atoms with Gasteiger partial charge in [-0.25, -0.2) is 8.78 Å². The van der Waals surface area contributed by atoms with Gasteiger partial charge >= 0.3 is 16.2 Å². The number of fused-ring (bicyclic) bond motifs is 2. The zero-order valence-electron chi connectivity index (χ0n) is 23.8. The van der Waals surface area contributed by atoms with E-state index in [-0.39, 0.29) is 41.0 Å². The van der Waals surface area contributed by atoms with Crippen molar-refractivity contribution >= 4 is 33.7 Å². The van der Waals surface area contributed by atoms with Gasteiger partial charge in [0.15, 0.2) is 11.6 Å². The first-order chi connectivity index (χ1) is 20.8. The van der Waals surface area contributed by atoms with Crippen molar-refractivity contribution < 1.29 is 57.2 Å². The van der Waals surface area contributed by atoms with Crippen LogP contribution in [0.3, 0.4) is 0 Å². The lowest BCUT2D eigenvalue weighted by Gasteiger charge is -2.40. The molecule has 5 rings (SSSR count). The summed E-state index contributed by atoms with van der Waals surface area (Å²) < 4.78 is 106. The summed E-state index contributed by atoms with van der Waals surface area (Å²) in [4.78, 5) is 35.3. The number of halogens is 7. The zero-order chi connectivity index (χ0) is 33.0. The maximum atomic E-state index is 14.9. The van der Waals surface area contributed by atoms with E-state index >= 15 is 0 Å². The third-order valence-electron chi connectivity index (χ3n) is 8.95. The van der Waals surface area contributed by atoms with E-state index in [1.165, 1.54) is 7.11 Å². The van der Waals surface area contributed by atoms with E-state index in [1.54, 1.807) is 0 Å². The first-order valence-electron chi connectivity index (χ1n) is 14.3. The van der Waals surface area contributed by atoms with E-state index in [1.807, 2.05) is 0 Å². The van der Waals surface area contributed by atoms with Gasteiger partial charge in [0.25, 0.3) is 5.91 Å². The second-order valence-electron chi connectivity index (χ2n) is 11.9. The van der Waals surface area contributed by atoms with Crippen LogP contribution < -0.4 is 20.1 Å². The van der Waals surface area contributed by atoms with Crippen LogP contribution in [0.25, 0.3) is 0 Å². The van der Waals surface area contributed by atoms with E-state index in [0.29, 0.717) is 44.9 Å². The van der Waals surface area contributed by atoms with Gasteiger partial charge in [0.05, 0.1) is 30.6 Å². The molecule has 4 atom stereocenters. The number of carbonyl (C=O) groups excluding carboxylic acids is 2. The largest absolute Gasteiger partial charge is 0.496 e. The van der Waals surface area contributed by atoms with E-state index in [4.69, 9.17) is 9.47 Å². The van der Waals surface area contributed by atoms with Gasteiger partial charge in [0.2, 0.25) is 5.91 Å². The van der Waals surface area contributed by atoms with Gasteiger partial charge in [-0.05, 0) is 81.0 Å². The Kier molecular flexibility index (Phi) is 7.98. The van der Waals surface area contributed by atoms with Crippen molar-refractivity contribution in [2.24, 2.45) is 23.7 Å². The number of amides is 2. The quantitative estimate of drug-likeness (QED) is 0.240. The molecule has 45 heavy (non-hydrogen) atoms. The third-order valence-corrected chi connectivity index (χ3v) is 10.1. The van der Waals surface area contributed by atoms with Gasteiger partial charge in [-0.1, -0.05) is 19.4 Å². The van der Waals surface area contributed by atoms with Crippen LogP contribution in [0.4, 0.5) is 33.9 Å². The average Bonchev–Trinajstić information content (AvgIpc) is 3.56. The van der Waals surface area contributed by atoms with Crippen molar-refractivity contribution in [2.45, 2.75) is 62.0 Å². The van der Waals surface area contributed by atoms with Crippen LogP contribution in [-0.4, -0.2) is 42.1 Å². The molecule has 3 N–H and O–H groups in total. The Bertz CT molecular complexity index is 1530. The number of methoxy groups -OCH3 is 1. The van der Waals surface area contributed by atoms with E-state index in [9.17, 15) is 47.7 Å². The van der Waals surface area contributed by atoms with Crippen LogP contribution >= 0.6 is 10.2 Å². The van der Waals surface area contributed by atoms with Crippen molar-refractivity contribution in [3.8, 4) is 11.5 Å². The van der Waals surface area contributed by atoms with Gasteiger partial charge in [-0.15, -0.1) is 0 Å². The van der Waals surface area contributed by atoms with Crippen molar-refractivity contribution in [1.82, 2.24) is 5.32 Å². The fourth-order valence-electron chi connectivity index (χ4n) is 6.79. The molecule has 0 aromatic heterocycles. The average molecular weight is 669 g/mol. The highest BCUT2D eigenvalue weighted by Gasteiger charge is 2.67. The van der Waals surface area contributed by atoms with Crippen LogP contribution in [0.2, 0.25) is 0 Å². The lowest BCUT2D eigenvalue weighted by molar-refractivity contribution is -0.143. The molecule has 3 fully saturated rings. The summed E-state index contributed by atoms with van der Waals surface area (Å²) in [5, 5.41) is 14.1. The van der Waals surface area contributed by atoms with E-state index < -0.39 is 74.2 Å². The number of benzene rings is 2. The maximum Gasteiger partial charge on any atom is 0.313 e. The van der Waals surface area contributed by atoms with Crippen LogP contribution in [0.5, 0.6) is 11.5 Å². The number of ether oxygens (including phenoxy) is 2. The molecule has 8 nitrogen and oxygen atoms in total. The molecule has 3 aliphatic carbocycles. The molecule has 2 aromatic carbocycles. The van der Waals surface area contributed by atoms with E-state index in [2.05, 4.69) is 10.6 Å². The summed E-state index contributed by atoms with van der Waals surface area (Å²) in [7, 11) is -9.18. The predicted octanol–water partition coefficient (Wildman–Crippen LogP) is 7.44. The minimum Gasteiger partial charge on any atom is -0.496 e. The molecule has 0 spiro atoms. The summed E-state index contributed by atoms with van der Waals surface area (Å²) in [5.41, 5.74) is -0.800. The lowest BCUT2D eigenvalue weighted by Crippen LogP contribution is -2.48. The molecule has 2 amide bonds. The first kappa shape index (κ1) is 32.7. The van der Waals surface area contributed by atoms with E-state index in [0.717, 1.165) is 18.2 Å². The standard InChI is InChI=1S/C29H31F7N2O6S/c1-43-22-13-21(31)23(44-18-7-4-14(5-8-18)29(41)42)12-19(22)27(39)38-26-16-3-2-15(10-16)25(26)28(40)37-17-6-9-20(30)24(11-17)45(32,33,34,35)36/h6,9,11-16,18,25-26H,2-5,7-8,10H2,1H3,(H,37,40)(H,38,39)(H,41,42). The fourth-order valence-corrected chi connectivity index (χ4v) is 7.57. The Hall–Kier alpha value is -3.69. The van der Waals surface area contributed by atoms with Crippen LogP contribution in [0.15, 0.2) is 35.2 Å². The summed E-state index contributed by atoms with van der Waals surface area (Å²) in [6.07, 6.45) is 2.67. The van der Waals surface area contributed by atoms with Gasteiger partial charge in [-0.3, -0.25) is 14.4 Å². The lowest BCUT2D eigenvalue weighted by atomic mass is 9.83. The van der Waals surface area contributed by atoms with Crippen LogP contribution in [0, 0.1) is 35.3 Å². The van der Waals surface area contributed by atoms with Crippen LogP contribution in [0.1, 0.15) is 55.3 Å². The molecule has 3 saturated carbocycles.